The van der Waals surface area contributed by atoms with Crippen molar-refractivity contribution >= 4 is 17.6 Å². The highest BCUT2D eigenvalue weighted by Crippen LogP contribution is 2.30. The second kappa shape index (κ2) is 4.17. The summed E-state index contributed by atoms with van der Waals surface area (Å²) >= 11 is 5.37. The predicted octanol–water partition coefficient (Wildman–Crippen LogP) is 1.78. The SMILES string of the molecule is COC(=O)c1cc(C(F)(F)F)c[n+]([O-])c1Cl. The highest BCUT2D eigenvalue weighted by atomic mass is 35.5. The van der Waals surface area contributed by atoms with Crippen molar-refractivity contribution in [3.05, 3.63) is 33.8 Å². The molecule has 1 heterocycles. The highest BCUT2D eigenvalue weighted by molar-refractivity contribution is 6.31. The first-order chi connectivity index (χ1) is 7.27. The minimum Gasteiger partial charge on any atom is -0.618 e. The fourth-order valence-electron chi connectivity index (χ4n) is 0.962. The molecule has 1 aromatic heterocycles. The lowest BCUT2D eigenvalue weighted by Gasteiger charge is -2.09. The first-order valence-electron chi connectivity index (χ1n) is 3.85. The van der Waals surface area contributed by atoms with Crippen molar-refractivity contribution in [2.24, 2.45) is 0 Å². The van der Waals surface area contributed by atoms with Gasteiger partial charge in [0.2, 0.25) is 0 Å². The van der Waals surface area contributed by atoms with E-state index in [0.29, 0.717) is 6.07 Å². The number of alkyl halides is 3. The van der Waals surface area contributed by atoms with Gasteiger partial charge < -0.3 is 9.94 Å². The topological polar surface area (TPSA) is 53.2 Å². The number of carbonyl (C=O) groups is 1. The van der Waals surface area contributed by atoms with Gasteiger partial charge in [0, 0.05) is 0 Å². The predicted molar refractivity (Wildman–Crippen MR) is 46.8 cm³/mol. The van der Waals surface area contributed by atoms with Crippen LogP contribution in [0, 0.1) is 5.21 Å². The average Bonchev–Trinajstić information content (AvgIpc) is 2.19. The Bertz CT molecular complexity index is 433. The summed E-state index contributed by atoms with van der Waals surface area (Å²) < 4.78 is 40.9. The zero-order valence-corrected chi connectivity index (χ0v) is 8.59. The third-order valence-corrected chi connectivity index (χ3v) is 2.07. The number of rotatable bonds is 1. The quantitative estimate of drug-likeness (QED) is 0.333. The van der Waals surface area contributed by atoms with Gasteiger partial charge in [-0.05, 0) is 17.7 Å². The molecule has 0 atom stereocenters. The zero-order valence-electron chi connectivity index (χ0n) is 7.84. The van der Waals surface area contributed by atoms with Crippen molar-refractivity contribution in [2.45, 2.75) is 6.18 Å². The van der Waals surface area contributed by atoms with Crippen LogP contribution in [-0.2, 0) is 10.9 Å². The van der Waals surface area contributed by atoms with Crippen LogP contribution >= 0.6 is 11.6 Å². The number of methoxy groups -OCH3 is 1. The molecule has 0 saturated heterocycles. The van der Waals surface area contributed by atoms with E-state index in [0.717, 1.165) is 7.11 Å². The number of hydrogen-bond donors (Lipinski definition) is 0. The van der Waals surface area contributed by atoms with Crippen molar-refractivity contribution in [1.82, 2.24) is 0 Å². The summed E-state index contributed by atoms with van der Waals surface area (Å²) in [6.07, 6.45) is -4.49. The van der Waals surface area contributed by atoms with Crippen LogP contribution in [-0.4, -0.2) is 13.1 Å². The molecule has 4 nitrogen and oxygen atoms in total. The molecule has 0 saturated carbocycles. The number of hydrogen-bond acceptors (Lipinski definition) is 3. The van der Waals surface area contributed by atoms with Gasteiger partial charge in [-0.1, -0.05) is 0 Å². The van der Waals surface area contributed by atoms with Crippen molar-refractivity contribution in [3.63, 3.8) is 0 Å². The van der Waals surface area contributed by atoms with Gasteiger partial charge in [0.1, 0.15) is 11.1 Å². The Morgan fingerprint density at radius 1 is 1.56 bits per heavy atom. The highest BCUT2D eigenvalue weighted by Gasteiger charge is 2.35. The minimum absolute atomic E-state index is 0.239. The van der Waals surface area contributed by atoms with Crippen LogP contribution in [0.2, 0.25) is 5.15 Å². The Morgan fingerprint density at radius 2 is 2.12 bits per heavy atom. The standard InChI is InChI=1S/C8H5ClF3NO3/c1-16-7(14)5-2-4(8(10,11)12)3-13(15)6(5)9/h2-3H,1H3. The molecular formula is C8H5ClF3NO3. The van der Waals surface area contributed by atoms with Crippen LogP contribution in [0.5, 0.6) is 0 Å². The first-order valence-corrected chi connectivity index (χ1v) is 4.23. The molecule has 1 aromatic rings. The van der Waals surface area contributed by atoms with E-state index < -0.39 is 28.4 Å². The Hall–Kier alpha value is -1.50. The number of ether oxygens (including phenoxy) is 1. The largest absolute Gasteiger partial charge is 0.618 e. The first kappa shape index (κ1) is 12.6. The third-order valence-electron chi connectivity index (χ3n) is 1.70. The van der Waals surface area contributed by atoms with Crippen molar-refractivity contribution in [2.75, 3.05) is 7.11 Å². The van der Waals surface area contributed by atoms with Gasteiger partial charge in [-0.3, -0.25) is 0 Å². The summed E-state index contributed by atoms with van der Waals surface area (Å²) in [4.78, 5) is 11.0. The Morgan fingerprint density at radius 3 is 2.56 bits per heavy atom. The fraction of sp³-hybridized carbons (Fsp3) is 0.250. The van der Waals surface area contributed by atoms with E-state index in [1.54, 1.807) is 0 Å². The lowest BCUT2D eigenvalue weighted by Crippen LogP contribution is -2.32. The molecule has 0 aliphatic heterocycles. The zero-order chi connectivity index (χ0) is 12.5. The van der Waals surface area contributed by atoms with Crippen molar-refractivity contribution in [3.8, 4) is 0 Å². The van der Waals surface area contributed by atoms with Gasteiger partial charge >= 0.3 is 17.3 Å². The molecule has 16 heavy (non-hydrogen) atoms. The van der Waals surface area contributed by atoms with Gasteiger partial charge in [0.25, 0.3) is 0 Å². The van der Waals surface area contributed by atoms with Gasteiger partial charge in [-0.15, -0.1) is 0 Å². The number of carbonyl (C=O) groups excluding carboxylic acids is 1. The number of aromatic nitrogens is 1. The molecule has 0 aliphatic carbocycles. The summed E-state index contributed by atoms with van der Waals surface area (Å²) in [5, 5.41) is 10.3. The van der Waals surface area contributed by atoms with E-state index in [4.69, 9.17) is 11.6 Å². The summed E-state index contributed by atoms with van der Waals surface area (Å²) in [5.74, 6) is -1.11. The molecule has 0 aromatic carbocycles. The Balaban J connectivity index is 3.39. The van der Waals surface area contributed by atoms with Crippen LogP contribution < -0.4 is 4.73 Å². The Labute approximate surface area is 92.8 Å². The van der Waals surface area contributed by atoms with E-state index in [1.807, 2.05) is 0 Å². The van der Waals surface area contributed by atoms with Crippen molar-refractivity contribution in [1.29, 1.82) is 0 Å². The molecule has 0 bridgehead atoms. The van der Waals surface area contributed by atoms with Crippen LogP contribution in [0.15, 0.2) is 12.3 Å². The summed E-state index contributed by atoms with van der Waals surface area (Å²) in [6.45, 7) is 0. The van der Waals surface area contributed by atoms with E-state index in [-0.39, 0.29) is 10.9 Å². The second-order valence-corrected chi connectivity index (χ2v) is 3.11. The number of esters is 1. The summed E-state index contributed by atoms with van der Waals surface area (Å²) in [5.41, 5.74) is -1.90. The average molecular weight is 256 g/mol. The molecule has 0 spiro atoms. The third kappa shape index (κ3) is 2.35. The smallest absolute Gasteiger partial charge is 0.422 e. The number of halogens is 4. The van der Waals surface area contributed by atoms with E-state index in [1.165, 1.54) is 0 Å². The van der Waals surface area contributed by atoms with Gasteiger partial charge in [0.15, 0.2) is 6.20 Å². The molecule has 88 valence electrons. The van der Waals surface area contributed by atoms with E-state index in [2.05, 4.69) is 4.74 Å². The monoisotopic (exact) mass is 255 g/mol. The van der Waals surface area contributed by atoms with Gasteiger partial charge in [0.05, 0.1) is 7.11 Å². The Kier molecular flexibility index (Phi) is 3.27. The van der Waals surface area contributed by atoms with Crippen LogP contribution in [0.4, 0.5) is 13.2 Å². The normalized spacial score (nSPS) is 11.3. The van der Waals surface area contributed by atoms with Gasteiger partial charge in [-0.2, -0.15) is 17.9 Å². The lowest BCUT2D eigenvalue weighted by atomic mass is 10.2. The molecule has 0 N–H and O–H groups in total. The molecule has 0 aliphatic rings. The maximum Gasteiger partial charge on any atom is 0.422 e. The molecule has 0 fully saturated rings. The molecule has 0 unspecified atom stereocenters. The van der Waals surface area contributed by atoms with E-state index >= 15 is 0 Å². The molecular weight excluding hydrogens is 251 g/mol. The lowest BCUT2D eigenvalue weighted by molar-refractivity contribution is -0.604. The molecule has 8 heteroatoms. The second-order valence-electron chi connectivity index (χ2n) is 2.75. The summed E-state index contributed by atoms with van der Waals surface area (Å²) in [6, 6.07) is 0.461. The molecule has 0 amide bonds. The number of nitrogens with zero attached hydrogens (tertiary/aromatic N) is 1. The van der Waals surface area contributed by atoms with Crippen LogP contribution in [0.3, 0.4) is 0 Å². The summed E-state index contributed by atoms with van der Waals surface area (Å²) in [7, 11) is 0.966. The van der Waals surface area contributed by atoms with Crippen LogP contribution in [0.25, 0.3) is 0 Å². The molecule has 0 radical (unpaired) electrons. The van der Waals surface area contributed by atoms with Gasteiger partial charge in [-0.25, -0.2) is 4.79 Å². The van der Waals surface area contributed by atoms with Crippen LogP contribution in [0.1, 0.15) is 15.9 Å². The fourth-order valence-corrected chi connectivity index (χ4v) is 1.14. The minimum atomic E-state index is -4.74. The van der Waals surface area contributed by atoms with E-state index in [9.17, 15) is 23.2 Å². The van der Waals surface area contributed by atoms with Crippen molar-refractivity contribution < 1.29 is 27.4 Å². The molecule has 1 rings (SSSR count). The number of pyridine rings is 1. The maximum atomic E-state index is 12.3. The maximum absolute atomic E-state index is 12.3.